The Hall–Kier alpha value is -1.96. The first-order valence-electron chi connectivity index (χ1n) is 8.07. The number of rotatable bonds is 10. The molecule has 0 aliphatic heterocycles. The Morgan fingerprint density at radius 2 is 1.83 bits per heavy atom. The highest BCUT2D eigenvalue weighted by Crippen LogP contribution is 2.14. The summed E-state index contributed by atoms with van der Waals surface area (Å²) in [5, 5.41) is 9.18. The van der Waals surface area contributed by atoms with Crippen LogP contribution in [0.1, 0.15) is 72.4 Å². The Balaban J connectivity index is 2.96. The van der Waals surface area contributed by atoms with E-state index in [0.717, 1.165) is 25.5 Å². The number of sulfonamides is 1. The molecule has 24 heavy (non-hydrogen) atoms. The standard InChI is InChI=1S/C16H24N2O5S/c1-3-5-7-8-12-10-13(11-17-14(12)16(20)21)15(19)18-24(22,23)9-6-4-2/h10-11H,3-9H2,1-2H3,(H,18,19)(H,20,21). The van der Waals surface area contributed by atoms with Crippen LogP contribution in [0.5, 0.6) is 0 Å². The van der Waals surface area contributed by atoms with Crippen molar-refractivity contribution in [3.8, 4) is 0 Å². The number of aromatic carboxylic acids is 1. The van der Waals surface area contributed by atoms with Gasteiger partial charge in [0.15, 0.2) is 5.69 Å². The van der Waals surface area contributed by atoms with Crippen molar-refractivity contribution in [1.82, 2.24) is 9.71 Å². The van der Waals surface area contributed by atoms with Gasteiger partial charge in [-0.3, -0.25) is 4.79 Å². The molecule has 0 saturated carbocycles. The molecule has 1 amide bonds. The summed E-state index contributed by atoms with van der Waals surface area (Å²) < 4.78 is 25.6. The predicted molar refractivity (Wildman–Crippen MR) is 90.6 cm³/mol. The van der Waals surface area contributed by atoms with Gasteiger partial charge in [-0.05, 0) is 30.9 Å². The van der Waals surface area contributed by atoms with E-state index in [1.165, 1.54) is 6.07 Å². The van der Waals surface area contributed by atoms with Gasteiger partial charge in [0, 0.05) is 6.20 Å². The molecule has 1 aromatic rings. The number of aromatic nitrogens is 1. The number of carbonyl (C=O) groups excluding carboxylic acids is 1. The third-order valence-electron chi connectivity index (χ3n) is 3.50. The summed E-state index contributed by atoms with van der Waals surface area (Å²) in [6.45, 7) is 3.88. The van der Waals surface area contributed by atoms with Crippen LogP contribution < -0.4 is 4.72 Å². The zero-order valence-corrected chi connectivity index (χ0v) is 14.9. The third-order valence-corrected chi connectivity index (χ3v) is 4.82. The lowest BCUT2D eigenvalue weighted by atomic mass is 10.0. The molecule has 1 heterocycles. The molecular formula is C16H24N2O5S. The lowest BCUT2D eigenvalue weighted by molar-refractivity contribution is 0.0688. The number of carboxylic acid groups (broad SMARTS) is 1. The fourth-order valence-corrected chi connectivity index (χ4v) is 3.34. The third kappa shape index (κ3) is 6.27. The zero-order chi connectivity index (χ0) is 18.2. The molecule has 0 fully saturated rings. The minimum atomic E-state index is -3.69. The van der Waals surface area contributed by atoms with Crippen molar-refractivity contribution in [2.24, 2.45) is 0 Å². The molecule has 0 atom stereocenters. The van der Waals surface area contributed by atoms with Gasteiger partial charge in [-0.1, -0.05) is 33.1 Å². The van der Waals surface area contributed by atoms with Crippen molar-refractivity contribution in [1.29, 1.82) is 0 Å². The van der Waals surface area contributed by atoms with Crippen LogP contribution in [0.4, 0.5) is 0 Å². The molecule has 2 N–H and O–H groups in total. The number of amides is 1. The summed E-state index contributed by atoms with van der Waals surface area (Å²) in [7, 11) is -3.69. The molecule has 0 saturated heterocycles. The number of hydrogen-bond acceptors (Lipinski definition) is 5. The van der Waals surface area contributed by atoms with Crippen LogP contribution in [0.15, 0.2) is 12.3 Å². The van der Waals surface area contributed by atoms with Crippen molar-refractivity contribution in [3.05, 3.63) is 29.1 Å². The van der Waals surface area contributed by atoms with Crippen molar-refractivity contribution < 1.29 is 23.1 Å². The van der Waals surface area contributed by atoms with Crippen LogP contribution in [-0.4, -0.2) is 36.1 Å². The van der Waals surface area contributed by atoms with Gasteiger partial charge in [-0.25, -0.2) is 22.9 Å². The number of pyridine rings is 1. The van der Waals surface area contributed by atoms with E-state index in [1.807, 2.05) is 18.6 Å². The SMILES string of the molecule is CCCCCc1cc(C(=O)NS(=O)(=O)CCCC)cnc1C(=O)O. The maximum atomic E-state index is 12.1. The molecule has 0 radical (unpaired) electrons. The monoisotopic (exact) mass is 356 g/mol. The van der Waals surface area contributed by atoms with E-state index in [4.69, 9.17) is 0 Å². The summed E-state index contributed by atoms with van der Waals surface area (Å²) in [4.78, 5) is 27.1. The van der Waals surface area contributed by atoms with Gasteiger partial charge in [0.1, 0.15) is 0 Å². The highest BCUT2D eigenvalue weighted by atomic mass is 32.2. The molecule has 8 heteroatoms. The minimum absolute atomic E-state index is 0.0478. The number of nitrogens with zero attached hydrogens (tertiary/aromatic N) is 1. The zero-order valence-electron chi connectivity index (χ0n) is 14.0. The van der Waals surface area contributed by atoms with Gasteiger partial charge in [-0.15, -0.1) is 0 Å². The van der Waals surface area contributed by atoms with Crippen LogP contribution in [0.3, 0.4) is 0 Å². The summed E-state index contributed by atoms with van der Waals surface area (Å²) >= 11 is 0. The second kappa shape index (κ2) is 9.36. The lowest BCUT2D eigenvalue weighted by Crippen LogP contribution is -2.32. The Morgan fingerprint density at radius 3 is 2.42 bits per heavy atom. The lowest BCUT2D eigenvalue weighted by Gasteiger charge is -2.09. The van der Waals surface area contributed by atoms with Gasteiger partial charge in [0.2, 0.25) is 10.0 Å². The quantitative estimate of drug-likeness (QED) is 0.622. The normalized spacial score (nSPS) is 11.2. The van der Waals surface area contributed by atoms with Gasteiger partial charge in [0.25, 0.3) is 5.91 Å². The van der Waals surface area contributed by atoms with Crippen LogP contribution >= 0.6 is 0 Å². The van der Waals surface area contributed by atoms with Gasteiger partial charge in [-0.2, -0.15) is 0 Å². The van der Waals surface area contributed by atoms with E-state index in [0.29, 0.717) is 24.8 Å². The van der Waals surface area contributed by atoms with E-state index in [-0.39, 0.29) is 17.0 Å². The summed E-state index contributed by atoms with van der Waals surface area (Å²) in [5.74, 6) is -2.07. The number of unbranched alkanes of at least 4 members (excludes halogenated alkanes) is 3. The number of carboxylic acids is 1. The van der Waals surface area contributed by atoms with E-state index < -0.39 is 21.9 Å². The maximum absolute atomic E-state index is 12.1. The fraction of sp³-hybridized carbons (Fsp3) is 0.562. The van der Waals surface area contributed by atoms with Crippen LogP contribution in [0.25, 0.3) is 0 Å². The molecule has 7 nitrogen and oxygen atoms in total. The van der Waals surface area contributed by atoms with Gasteiger partial charge >= 0.3 is 5.97 Å². The Bertz CT molecular complexity index is 686. The van der Waals surface area contributed by atoms with Crippen molar-refractivity contribution in [2.45, 2.75) is 52.4 Å². The van der Waals surface area contributed by atoms with E-state index >= 15 is 0 Å². The van der Waals surface area contributed by atoms with E-state index in [9.17, 15) is 23.1 Å². The highest BCUT2D eigenvalue weighted by molar-refractivity contribution is 7.90. The topological polar surface area (TPSA) is 113 Å². The molecule has 1 rings (SSSR count). The first-order chi connectivity index (χ1) is 11.3. The predicted octanol–water partition coefficient (Wildman–Crippen LogP) is 2.37. The molecule has 0 aromatic carbocycles. The van der Waals surface area contributed by atoms with Crippen LogP contribution in [0, 0.1) is 0 Å². The molecule has 0 aliphatic carbocycles. The highest BCUT2D eigenvalue weighted by Gasteiger charge is 2.19. The van der Waals surface area contributed by atoms with E-state index in [1.54, 1.807) is 0 Å². The number of hydrogen-bond donors (Lipinski definition) is 2. The molecular weight excluding hydrogens is 332 g/mol. The molecule has 0 spiro atoms. The Morgan fingerprint density at radius 1 is 1.17 bits per heavy atom. The molecule has 0 bridgehead atoms. The van der Waals surface area contributed by atoms with Crippen molar-refractivity contribution in [3.63, 3.8) is 0 Å². The van der Waals surface area contributed by atoms with Crippen molar-refractivity contribution >= 4 is 21.9 Å². The minimum Gasteiger partial charge on any atom is -0.477 e. The molecule has 1 aromatic heterocycles. The average Bonchev–Trinajstić information content (AvgIpc) is 2.52. The second-order valence-corrected chi connectivity index (χ2v) is 7.44. The number of carbonyl (C=O) groups is 2. The van der Waals surface area contributed by atoms with Gasteiger partial charge in [0.05, 0.1) is 11.3 Å². The van der Waals surface area contributed by atoms with Crippen LogP contribution in [-0.2, 0) is 16.4 Å². The van der Waals surface area contributed by atoms with E-state index in [2.05, 4.69) is 4.98 Å². The first kappa shape index (κ1) is 20.1. The van der Waals surface area contributed by atoms with Crippen molar-refractivity contribution in [2.75, 3.05) is 5.75 Å². The number of nitrogens with one attached hydrogen (secondary N) is 1. The smallest absolute Gasteiger partial charge is 0.354 e. The summed E-state index contributed by atoms with van der Waals surface area (Å²) in [6, 6.07) is 1.41. The largest absolute Gasteiger partial charge is 0.477 e. The maximum Gasteiger partial charge on any atom is 0.354 e. The fourth-order valence-electron chi connectivity index (χ4n) is 2.17. The Labute approximate surface area is 142 Å². The van der Waals surface area contributed by atoms with Crippen LogP contribution in [0.2, 0.25) is 0 Å². The van der Waals surface area contributed by atoms with Gasteiger partial charge < -0.3 is 5.11 Å². The Kier molecular flexibility index (Phi) is 7.84. The summed E-state index contributed by atoms with van der Waals surface area (Å²) in [6.07, 6.45) is 5.42. The molecule has 0 unspecified atom stereocenters. The summed E-state index contributed by atoms with van der Waals surface area (Å²) in [5.41, 5.74) is 0.387. The second-order valence-electron chi connectivity index (χ2n) is 5.60. The molecule has 134 valence electrons. The average molecular weight is 356 g/mol. The molecule has 0 aliphatic rings. The number of aryl methyl sites for hydroxylation is 1. The first-order valence-corrected chi connectivity index (χ1v) is 9.73.